The lowest BCUT2D eigenvalue weighted by atomic mass is 9.64. The van der Waals surface area contributed by atoms with Crippen LogP contribution in [-0.4, -0.2) is 44.7 Å². The van der Waals surface area contributed by atoms with Crippen LogP contribution in [0.2, 0.25) is 5.02 Å². The van der Waals surface area contributed by atoms with E-state index in [-0.39, 0.29) is 33.4 Å². The molecule has 0 bridgehead atoms. The summed E-state index contributed by atoms with van der Waals surface area (Å²) in [5, 5.41) is 2.91. The minimum atomic E-state index is -0.747. The van der Waals surface area contributed by atoms with Gasteiger partial charge in [0.15, 0.2) is 24.7 Å². The number of methoxy groups -OCH3 is 1. The van der Waals surface area contributed by atoms with Gasteiger partial charge in [-0.25, -0.2) is 4.79 Å². The fourth-order valence-corrected chi connectivity index (χ4v) is 3.88. The monoisotopic (exact) mass is 460 g/mol. The predicted octanol–water partition coefficient (Wildman–Crippen LogP) is 2.61. The van der Waals surface area contributed by atoms with Crippen molar-refractivity contribution in [1.82, 2.24) is 5.32 Å². The van der Waals surface area contributed by atoms with Crippen molar-refractivity contribution >= 4 is 29.4 Å². The van der Waals surface area contributed by atoms with Crippen LogP contribution in [0.5, 0.6) is 11.5 Å². The molecule has 3 rings (SSSR count). The van der Waals surface area contributed by atoms with Crippen molar-refractivity contribution in [3.8, 4) is 11.5 Å². The number of rotatable bonds is 10. The van der Waals surface area contributed by atoms with Crippen LogP contribution in [0.3, 0.4) is 0 Å². The third-order valence-corrected chi connectivity index (χ3v) is 5.76. The molecule has 0 unspecified atom stereocenters. The Labute approximate surface area is 191 Å². The Balaban J connectivity index is 1.56. The van der Waals surface area contributed by atoms with E-state index in [2.05, 4.69) is 17.4 Å². The van der Waals surface area contributed by atoms with E-state index in [1.54, 1.807) is 0 Å². The fraction of sp³-hybridized carbons (Fsp3) is 0.348. The first kappa shape index (κ1) is 23.4. The summed E-state index contributed by atoms with van der Waals surface area (Å²) in [5.74, 6) is -1.62. The molecule has 0 radical (unpaired) electrons. The van der Waals surface area contributed by atoms with Crippen LogP contribution in [0.4, 0.5) is 0 Å². The van der Waals surface area contributed by atoms with E-state index >= 15 is 0 Å². The number of hydrogen-bond donors (Lipinski definition) is 2. The molecule has 0 aliphatic heterocycles. The van der Waals surface area contributed by atoms with E-state index in [1.165, 1.54) is 24.8 Å². The molecule has 0 saturated heterocycles. The van der Waals surface area contributed by atoms with Gasteiger partial charge in [0, 0.05) is 12.0 Å². The van der Waals surface area contributed by atoms with Gasteiger partial charge in [-0.15, -0.1) is 0 Å². The zero-order valence-corrected chi connectivity index (χ0v) is 18.4. The highest BCUT2D eigenvalue weighted by Gasteiger charge is 2.38. The SMILES string of the molecule is COc1cc(C(=O)OCC(=O)NCC2(c3ccccc3)CCC2)cc(Cl)c1OCC(N)=O. The Morgan fingerprint density at radius 1 is 1.12 bits per heavy atom. The van der Waals surface area contributed by atoms with E-state index in [4.69, 9.17) is 31.5 Å². The maximum absolute atomic E-state index is 12.4. The van der Waals surface area contributed by atoms with Gasteiger partial charge in [-0.1, -0.05) is 48.4 Å². The molecule has 170 valence electrons. The molecule has 9 heteroatoms. The summed E-state index contributed by atoms with van der Waals surface area (Å²) in [6.45, 7) is -0.340. The molecule has 1 aliphatic rings. The standard InChI is InChI=1S/C23H25ClN2O6/c1-30-18-11-15(10-17(24)21(18)31-12-19(25)27)22(29)32-13-20(28)26-14-23(8-5-9-23)16-6-3-2-4-7-16/h2-4,6-7,10-11H,5,8-9,12-14H2,1H3,(H2,25,27)(H,26,28). The molecule has 8 nitrogen and oxygen atoms in total. The topological polar surface area (TPSA) is 117 Å². The number of benzene rings is 2. The maximum atomic E-state index is 12.4. The zero-order chi connectivity index (χ0) is 23.1. The van der Waals surface area contributed by atoms with Gasteiger partial charge >= 0.3 is 5.97 Å². The first-order valence-electron chi connectivity index (χ1n) is 10.1. The highest BCUT2D eigenvalue weighted by atomic mass is 35.5. The minimum absolute atomic E-state index is 0.0387. The van der Waals surface area contributed by atoms with Crippen LogP contribution in [-0.2, 0) is 19.7 Å². The van der Waals surface area contributed by atoms with Gasteiger partial charge in [0.05, 0.1) is 17.7 Å². The Kier molecular flexibility index (Phi) is 7.58. The molecule has 1 saturated carbocycles. The number of carbonyl (C=O) groups is 3. The van der Waals surface area contributed by atoms with Crippen LogP contribution in [0.15, 0.2) is 42.5 Å². The Hall–Kier alpha value is -3.26. The minimum Gasteiger partial charge on any atom is -0.493 e. The summed E-state index contributed by atoms with van der Waals surface area (Å²) in [6, 6.07) is 12.7. The second kappa shape index (κ2) is 10.4. The lowest BCUT2D eigenvalue weighted by molar-refractivity contribution is -0.124. The van der Waals surface area contributed by atoms with Gasteiger partial charge in [0.1, 0.15) is 0 Å². The van der Waals surface area contributed by atoms with Crippen molar-refractivity contribution in [3.63, 3.8) is 0 Å². The second-order valence-electron chi connectivity index (χ2n) is 7.60. The predicted molar refractivity (Wildman–Crippen MR) is 118 cm³/mol. The number of esters is 1. The van der Waals surface area contributed by atoms with Gasteiger partial charge in [0.25, 0.3) is 11.8 Å². The summed E-state index contributed by atoms with van der Waals surface area (Å²) in [5.41, 5.74) is 6.27. The Bertz CT molecular complexity index is 991. The average Bonchev–Trinajstić information content (AvgIpc) is 2.75. The number of nitrogens with two attached hydrogens (primary N) is 1. The molecular weight excluding hydrogens is 436 g/mol. The summed E-state index contributed by atoms with van der Waals surface area (Å²) in [6.07, 6.45) is 3.11. The van der Waals surface area contributed by atoms with Crippen LogP contribution in [0, 0.1) is 0 Å². The highest BCUT2D eigenvalue weighted by Crippen LogP contribution is 2.43. The summed E-state index contributed by atoms with van der Waals surface area (Å²) in [4.78, 5) is 35.6. The lowest BCUT2D eigenvalue weighted by Crippen LogP contribution is -2.46. The fourth-order valence-electron chi connectivity index (χ4n) is 3.62. The van der Waals surface area contributed by atoms with Gasteiger partial charge in [-0.2, -0.15) is 0 Å². The van der Waals surface area contributed by atoms with Crippen molar-refractivity contribution in [2.75, 3.05) is 26.9 Å². The van der Waals surface area contributed by atoms with Gasteiger partial charge in [-0.05, 0) is 30.5 Å². The van der Waals surface area contributed by atoms with E-state index < -0.39 is 25.1 Å². The maximum Gasteiger partial charge on any atom is 0.338 e. The van der Waals surface area contributed by atoms with E-state index in [0.717, 1.165) is 19.3 Å². The quantitative estimate of drug-likeness (QED) is 0.526. The number of amides is 2. The van der Waals surface area contributed by atoms with Crippen LogP contribution in [0.25, 0.3) is 0 Å². The van der Waals surface area contributed by atoms with Crippen molar-refractivity contribution < 1.29 is 28.6 Å². The van der Waals surface area contributed by atoms with Gasteiger partial charge in [-0.3, -0.25) is 9.59 Å². The number of primary amides is 1. The number of carbonyl (C=O) groups excluding carboxylic acids is 3. The molecule has 3 N–H and O–H groups in total. The van der Waals surface area contributed by atoms with E-state index in [1.807, 2.05) is 18.2 Å². The van der Waals surface area contributed by atoms with Crippen LogP contribution in [0.1, 0.15) is 35.2 Å². The molecule has 0 atom stereocenters. The van der Waals surface area contributed by atoms with Crippen molar-refractivity contribution in [2.24, 2.45) is 5.73 Å². The Morgan fingerprint density at radius 2 is 1.84 bits per heavy atom. The summed E-state index contributed by atoms with van der Waals surface area (Å²) < 4.78 is 15.5. The molecule has 1 aliphatic carbocycles. The van der Waals surface area contributed by atoms with Crippen LogP contribution >= 0.6 is 11.6 Å². The summed E-state index contributed by atoms with van der Waals surface area (Å²) in [7, 11) is 1.36. The van der Waals surface area contributed by atoms with Crippen molar-refractivity contribution in [3.05, 3.63) is 58.6 Å². The summed E-state index contributed by atoms with van der Waals surface area (Å²) >= 11 is 6.14. The highest BCUT2D eigenvalue weighted by molar-refractivity contribution is 6.32. The average molecular weight is 461 g/mol. The third kappa shape index (κ3) is 5.50. The van der Waals surface area contributed by atoms with Crippen molar-refractivity contribution in [1.29, 1.82) is 0 Å². The molecule has 0 heterocycles. The van der Waals surface area contributed by atoms with Gasteiger partial charge < -0.3 is 25.3 Å². The molecule has 1 fully saturated rings. The van der Waals surface area contributed by atoms with Crippen molar-refractivity contribution in [2.45, 2.75) is 24.7 Å². The largest absolute Gasteiger partial charge is 0.493 e. The number of hydrogen-bond acceptors (Lipinski definition) is 6. The Morgan fingerprint density at radius 3 is 2.44 bits per heavy atom. The number of nitrogens with one attached hydrogen (secondary N) is 1. The lowest BCUT2D eigenvalue weighted by Gasteiger charge is -2.42. The molecule has 32 heavy (non-hydrogen) atoms. The molecule has 2 amide bonds. The second-order valence-corrected chi connectivity index (χ2v) is 8.00. The van der Waals surface area contributed by atoms with E-state index in [9.17, 15) is 14.4 Å². The first-order valence-corrected chi connectivity index (χ1v) is 10.5. The number of ether oxygens (including phenoxy) is 3. The molecular formula is C23H25ClN2O6. The zero-order valence-electron chi connectivity index (χ0n) is 17.7. The number of halogens is 1. The third-order valence-electron chi connectivity index (χ3n) is 5.48. The molecule has 2 aromatic carbocycles. The molecule has 0 spiro atoms. The normalized spacial score (nSPS) is 14.1. The molecule has 0 aromatic heterocycles. The molecule has 2 aromatic rings. The van der Waals surface area contributed by atoms with Gasteiger partial charge in [0.2, 0.25) is 0 Å². The van der Waals surface area contributed by atoms with Crippen LogP contribution < -0.4 is 20.5 Å². The first-order chi connectivity index (χ1) is 15.3. The smallest absolute Gasteiger partial charge is 0.338 e. The van der Waals surface area contributed by atoms with E-state index in [0.29, 0.717) is 6.54 Å².